The standard InChI is InChI=1S/C15H17N5/c1-2-5-15-19-12-6-3-4-7-13(12)20(15)10-11-8-18-14(16)9-17-11/h3-4,6-9H,2,5,10H2,1H3,(H2,16,18). The Bertz CT molecular complexity index is 715. The number of anilines is 1. The van der Waals surface area contributed by atoms with Gasteiger partial charge >= 0.3 is 0 Å². The molecule has 2 aromatic heterocycles. The van der Waals surface area contributed by atoms with E-state index in [9.17, 15) is 0 Å². The van der Waals surface area contributed by atoms with Crippen molar-refractivity contribution in [2.75, 3.05) is 5.73 Å². The molecule has 0 amide bonds. The molecule has 1 aromatic carbocycles. The zero-order valence-electron chi connectivity index (χ0n) is 11.5. The zero-order valence-corrected chi connectivity index (χ0v) is 11.5. The Hall–Kier alpha value is -2.43. The minimum atomic E-state index is 0.443. The number of nitrogens with zero attached hydrogens (tertiary/aromatic N) is 4. The summed E-state index contributed by atoms with van der Waals surface area (Å²) in [6, 6.07) is 8.18. The fourth-order valence-electron chi connectivity index (χ4n) is 2.32. The highest BCUT2D eigenvalue weighted by Gasteiger charge is 2.10. The fraction of sp³-hybridized carbons (Fsp3) is 0.267. The van der Waals surface area contributed by atoms with Gasteiger partial charge in [0.25, 0.3) is 0 Å². The molecule has 2 heterocycles. The molecule has 0 radical (unpaired) electrons. The van der Waals surface area contributed by atoms with Crippen LogP contribution in [0.2, 0.25) is 0 Å². The molecule has 102 valence electrons. The molecule has 0 spiro atoms. The Morgan fingerprint density at radius 3 is 2.75 bits per heavy atom. The van der Waals surface area contributed by atoms with Crippen LogP contribution in [0.25, 0.3) is 11.0 Å². The maximum Gasteiger partial charge on any atom is 0.141 e. The summed E-state index contributed by atoms with van der Waals surface area (Å²) >= 11 is 0. The molecule has 0 bridgehead atoms. The third-order valence-corrected chi connectivity index (χ3v) is 3.25. The SMILES string of the molecule is CCCc1nc2ccccc2n1Cc1cnc(N)cn1. The van der Waals surface area contributed by atoms with E-state index in [1.807, 2.05) is 18.2 Å². The molecule has 0 unspecified atom stereocenters. The number of nitrogen functional groups attached to an aromatic ring is 1. The molecule has 0 aliphatic carbocycles. The van der Waals surface area contributed by atoms with Gasteiger partial charge in [0.15, 0.2) is 0 Å². The van der Waals surface area contributed by atoms with E-state index in [2.05, 4.69) is 27.5 Å². The Balaban J connectivity index is 2.04. The topological polar surface area (TPSA) is 69.6 Å². The van der Waals surface area contributed by atoms with Crippen LogP contribution in [0, 0.1) is 0 Å². The van der Waals surface area contributed by atoms with Crippen molar-refractivity contribution in [1.82, 2.24) is 19.5 Å². The van der Waals surface area contributed by atoms with Crippen molar-refractivity contribution in [1.29, 1.82) is 0 Å². The van der Waals surface area contributed by atoms with E-state index in [4.69, 9.17) is 10.7 Å². The number of fused-ring (bicyclic) bond motifs is 1. The van der Waals surface area contributed by atoms with Crippen LogP contribution in [0.5, 0.6) is 0 Å². The van der Waals surface area contributed by atoms with Crippen molar-refractivity contribution in [3.8, 4) is 0 Å². The maximum atomic E-state index is 5.58. The second-order valence-electron chi connectivity index (χ2n) is 4.79. The summed E-state index contributed by atoms with van der Waals surface area (Å²) in [5.41, 5.74) is 8.63. The highest BCUT2D eigenvalue weighted by Crippen LogP contribution is 2.18. The van der Waals surface area contributed by atoms with Crippen LogP contribution >= 0.6 is 0 Å². The number of hydrogen-bond donors (Lipinski definition) is 1. The molecule has 0 saturated heterocycles. The van der Waals surface area contributed by atoms with E-state index in [-0.39, 0.29) is 0 Å². The smallest absolute Gasteiger partial charge is 0.141 e. The molecule has 20 heavy (non-hydrogen) atoms. The fourth-order valence-corrected chi connectivity index (χ4v) is 2.32. The van der Waals surface area contributed by atoms with Crippen molar-refractivity contribution < 1.29 is 0 Å². The largest absolute Gasteiger partial charge is 0.382 e. The van der Waals surface area contributed by atoms with E-state index in [0.717, 1.165) is 35.4 Å². The van der Waals surface area contributed by atoms with Crippen LogP contribution in [0.15, 0.2) is 36.7 Å². The average molecular weight is 267 g/mol. The van der Waals surface area contributed by atoms with Crippen LogP contribution < -0.4 is 5.73 Å². The number of benzene rings is 1. The third kappa shape index (κ3) is 2.34. The van der Waals surface area contributed by atoms with Gasteiger partial charge in [-0.1, -0.05) is 19.1 Å². The molecule has 5 heteroatoms. The van der Waals surface area contributed by atoms with Crippen LogP contribution in [0.1, 0.15) is 24.9 Å². The van der Waals surface area contributed by atoms with Crippen LogP contribution in [-0.4, -0.2) is 19.5 Å². The predicted molar refractivity (Wildman–Crippen MR) is 79.3 cm³/mol. The highest BCUT2D eigenvalue weighted by atomic mass is 15.1. The van der Waals surface area contributed by atoms with E-state index in [0.29, 0.717) is 12.4 Å². The Kier molecular flexibility index (Phi) is 3.33. The number of imidazole rings is 1. The van der Waals surface area contributed by atoms with Crippen molar-refractivity contribution in [3.05, 3.63) is 48.2 Å². The van der Waals surface area contributed by atoms with Crippen molar-refractivity contribution >= 4 is 16.9 Å². The average Bonchev–Trinajstić information content (AvgIpc) is 2.80. The van der Waals surface area contributed by atoms with Gasteiger partial charge in [0.1, 0.15) is 11.6 Å². The minimum Gasteiger partial charge on any atom is -0.382 e. The van der Waals surface area contributed by atoms with Gasteiger partial charge in [-0.25, -0.2) is 9.97 Å². The maximum absolute atomic E-state index is 5.58. The molecule has 0 atom stereocenters. The summed E-state index contributed by atoms with van der Waals surface area (Å²) in [4.78, 5) is 13.1. The first-order valence-corrected chi connectivity index (χ1v) is 6.78. The molecule has 3 aromatic rings. The van der Waals surface area contributed by atoms with Crippen molar-refractivity contribution in [2.24, 2.45) is 0 Å². The van der Waals surface area contributed by atoms with Gasteiger partial charge in [-0.3, -0.25) is 4.98 Å². The molecule has 2 N–H and O–H groups in total. The van der Waals surface area contributed by atoms with Gasteiger partial charge in [-0.15, -0.1) is 0 Å². The molecule has 0 fully saturated rings. The summed E-state index contributed by atoms with van der Waals surface area (Å²) in [6.45, 7) is 2.83. The zero-order chi connectivity index (χ0) is 13.9. The highest BCUT2D eigenvalue weighted by molar-refractivity contribution is 5.76. The summed E-state index contributed by atoms with van der Waals surface area (Å²) in [5.74, 6) is 1.53. The molecule has 0 aliphatic heterocycles. The molecule has 0 aliphatic rings. The molecule has 5 nitrogen and oxygen atoms in total. The lowest BCUT2D eigenvalue weighted by molar-refractivity contribution is 0.707. The van der Waals surface area contributed by atoms with E-state index < -0.39 is 0 Å². The monoisotopic (exact) mass is 267 g/mol. The number of hydrogen-bond acceptors (Lipinski definition) is 4. The first-order chi connectivity index (χ1) is 9.78. The first kappa shape index (κ1) is 12.6. The van der Waals surface area contributed by atoms with Gasteiger partial charge in [0.2, 0.25) is 0 Å². The second kappa shape index (κ2) is 5.28. The number of para-hydroxylation sites is 2. The van der Waals surface area contributed by atoms with Gasteiger partial charge in [-0.2, -0.15) is 0 Å². The molecular formula is C15H17N5. The summed E-state index contributed by atoms with van der Waals surface area (Å²) in [6.07, 6.45) is 5.33. The summed E-state index contributed by atoms with van der Waals surface area (Å²) in [7, 11) is 0. The number of nitrogens with two attached hydrogens (primary N) is 1. The molecule has 3 rings (SSSR count). The van der Waals surface area contributed by atoms with Gasteiger partial charge in [0, 0.05) is 6.42 Å². The lowest BCUT2D eigenvalue weighted by Gasteiger charge is -2.08. The first-order valence-electron chi connectivity index (χ1n) is 6.78. The predicted octanol–water partition coefficient (Wildman–Crippen LogP) is 2.41. The second-order valence-corrected chi connectivity index (χ2v) is 4.79. The summed E-state index contributed by atoms with van der Waals surface area (Å²) in [5, 5.41) is 0. The van der Waals surface area contributed by atoms with E-state index in [1.165, 1.54) is 0 Å². The molecular weight excluding hydrogens is 250 g/mol. The lowest BCUT2D eigenvalue weighted by Crippen LogP contribution is -2.07. The van der Waals surface area contributed by atoms with Crippen molar-refractivity contribution in [2.45, 2.75) is 26.3 Å². The van der Waals surface area contributed by atoms with Gasteiger partial charge in [-0.05, 0) is 18.6 Å². The lowest BCUT2D eigenvalue weighted by atomic mass is 10.3. The summed E-state index contributed by atoms with van der Waals surface area (Å²) < 4.78 is 2.21. The van der Waals surface area contributed by atoms with E-state index >= 15 is 0 Å². The van der Waals surface area contributed by atoms with Gasteiger partial charge < -0.3 is 10.3 Å². The Morgan fingerprint density at radius 1 is 1.15 bits per heavy atom. The van der Waals surface area contributed by atoms with Crippen LogP contribution in [0.4, 0.5) is 5.82 Å². The third-order valence-electron chi connectivity index (χ3n) is 3.25. The van der Waals surface area contributed by atoms with Gasteiger partial charge in [0.05, 0.1) is 35.7 Å². The normalized spacial score (nSPS) is 11.1. The van der Waals surface area contributed by atoms with Crippen molar-refractivity contribution in [3.63, 3.8) is 0 Å². The Morgan fingerprint density at radius 2 is 2.00 bits per heavy atom. The number of aromatic nitrogens is 4. The van der Waals surface area contributed by atoms with E-state index in [1.54, 1.807) is 12.4 Å². The number of aryl methyl sites for hydroxylation is 1. The molecule has 0 saturated carbocycles. The number of rotatable bonds is 4. The quantitative estimate of drug-likeness (QED) is 0.788. The Labute approximate surface area is 117 Å². The minimum absolute atomic E-state index is 0.443. The van der Waals surface area contributed by atoms with Crippen LogP contribution in [-0.2, 0) is 13.0 Å². The van der Waals surface area contributed by atoms with Crippen LogP contribution in [0.3, 0.4) is 0 Å².